The van der Waals surface area contributed by atoms with Crippen LogP contribution in [0.1, 0.15) is 24.0 Å². The Labute approximate surface area is 104 Å². The summed E-state index contributed by atoms with van der Waals surface area (Å²) in [5.41, 5.74) is 2.60. The standard InChI is InChI=1S/C14H23NO2/c1-12-5-7-13(8-6-12)9-11-17-10-3-4-14(16)15-2/h5-8,14-16H,3-4,9-11H2,1-2H3. The Morgan fingerprint density at radius 3 is 2.59 bits per heavy atom. The molecule has 0 saturated heterocycles. The minimum absolute atomic E-state index is 0.407. The largest absolute Gasteiger partial charge is 0.381 e. The fourth-order valence-corrected chi connectivity index (χ4v) is 1.57. The molecular weight excluding hydrogens is 214 g/mol. The van der Waals surface area contributed by atoms with E-state index in [4.69, 9.17) is 4.74 Å². The van der Waals surface area contributed by atoms with Gasteiger partial charge in [0.15, 0.2) is 0 Å². The molecule has 0 aliphatic carbocycles. The topological polar surface area (TPSA) is 41.5 Å². The van der Waals surface area contributed by atoms with Crippen molar-refractivity contribution in [2.75, 3.05) is 20.3 Å². The van der Waals surface area contributed by atoms with E-state index in [2.05, 4.69) is 36.5 Å². The van der Waals surface area contributed by atoms with Crippen molar-refractivity contribution in [2.45, 2.75) is 32.4 Å². The van der Waals surface area contributed by atoms with Crippen molar-refractivity contribution in [3.8, 4) is 0 Å². The van der Waals surface area contributed by atoms with Crippen molar-refractivity contribution in [3.63, 3.8) is 0 Å². The monoisotopic (exact) mass is 237 g/mol. The molecular formula is C14H23NO2. The molecule has 1 aromatic carbocycles. The van der Waals surface area contributed by atoms with Gasteiger partial charge in [-0.3, -0.25) is 5.32 Å². The number of ether oxygens (including phenoxy) is 1. The molecule has 3 nitrogen and oxygen atoms in total. The zero-order valence-electron chi connectivity index (χ0n) is 10.8. The van der Waals surface area contributed by atoms with Crippen LogP contribution >= 0.6 is 0 Å². The lowest BCUT2D eigenvalue weighted by molar-refractivity contribution is 0.0973. The predicted molar refractivity (Wildman–Crippen MR) is 70.0 cm³/mol. The van der Waals surface area contributed by atoms with Crippen LogP contribution in [-0.4, -0.2) is 31.6 Å². The number of aryl methyl sites for hydroxylation is 1. The summed E-state index contributed by atoms with van der Waals surface area (Å²) >= 11 is 0. The highest BCUT2D eigenvalue weighted by Crippen LogP contribution is 2.04. The Morgan fingerprint density at radius 2 is 1.94 bits per heavy atom. The van der Waals surface area contributed by atoms with E-state index in [1.165, 1.54) is 11.1 Å². The molecule has 1 aromatic rings. The second-order valence-electron chi connectivity index (χ2n) is 4.29. The van der Waals surface area contributed by atoms with E-state index in [9.17, 15) is 5.11 Å². The average molecular weight is 237 g/mol. The molecule has 0 heterocycles. The Morgan fingerprint density at radius 1 is 1.24 bits per heavy atom. The van der Waals surface area contributed by atoms with Gasteiger partial charge in [-0.15, -0.1) is 0 Å². The lowest BCUT2D eigenvalue weighted by Gasteiger charge is -2.09. The third kappa shape index (κ3) is 6.41. The van der Waals surface area contributed by atoms with Crippen LogP contribution in [0, 0.1) is 6.92 Å². The van der Waals surface area contributed by atoms with Gasteiger partial charge in [0.1, 0.15) is 6.23 Å². The van der Waals surface area contributed by atoms with Crippen LogP contribution in [0.3, 0.4) is 0 Å². The third-order valence-corrected chi connectivity index (χ3v) is 2.76. The number of nitrogens with one attached hydrogen (secondary N) is 1. The van der Waals surface area contributed by atoms with Crippen LogP contribution in [0.4, 0.5) is 0 Å². The highest BCUT2D eigenvalue weighted by Gasteiger charge is 1.99. The number of hydrogen-bond acceptors (Lipinski definition) is 3. The van der Waals surface area contributed by atoms with Crippen LogP contribution in [0.25, 0.3) is 0 Å². The van der Waals surface area contributed by atoms with Crippen LogP contribution in [0.2, 0.25) is 0 Å². The molecule has 1 rings (SSSR count). The minimum atomic E-state index is -0.407. The number of benzene rings is 1. The van der Waals surface area contributed by atoms with Crippen molar-refractivity contribution < 1.29 is 9.84 Å². The van der Waals surface area contributed by atoms with Crippen LogP contribution in [0.15, 0.2) is 24.3 Å². The first-order valence-electron chi connectivity index (χ1n) is 6.21. The summed E-state index contributed by atoms with van der Waals surface area (Å²) in [7, 11) is 1.75. The Balaban J connectivity index is 2.02. The van der Waals surface area contributed by atoms with Gasteiger partial charge >= 0.3 is 0 Å². The van der Waals surface area contributed by atoms with Gasteiger partial charge in [-0.2, -0.15) is 0 Å². The normalized spacial score (nSPS) is 12.6. The van der Waals surface area contributed by atoms with E-state index >= 15 is 0 Å². The molecule has 0 fully saturated rings. The van der Waals surface area contributed by atoms with Gasteiger partial charge in [0.25, 0.3) is 0 Å². The maximum Gasteiger partial charge on any atom is 0.104 e. The molecule has 0 aromatic heterocycles. The van der Waals surface area contributed by atoms with E-state index in [1.54, 1.807) is 7.05 Å². The van der Waals surface area contributed by atoms with Gasteiger partial charge in [0, 0.05) is 6.61 Å². The Bertz CT molecular complexity index is 298. The highest BCUT2D eigenvalue weighted by molar-refractivity contribution is 5.21. The molecule has 1 unspecified atom stereocenters. The minimum Gasteiger partial charge on any atom is -0.381 e. The van der Waals surface area contributed by atoms with Crippen molar-refractivity contribution in [1.82, 2.24) is 5.32 Å². The van der Waals surface area contributed by atoms with Crippen molar-refractivity contribution in [3.05, 3.63) is 35.4 Å². The summed E-state index contributed by atoms with van der Waals surface area (Å²) < 4.78 is 5.52. The molecule has 0 aliphatic rings. The molecule has 0 aliphatic heterocycles. The van der Waals surface area contributed by atoms with E-state index in [0.717, 1.165) is 25.9 Å². The highest BCUT2D eigenvalue weighted by atomic mass is 16.5. The Hall–Kier alpha value is -0.900. The molecule has 96 valence electrons. The number of rotatable bonds is 8. The fraction of sp³-hybridized carbons (Fsp3) is 0.571. The molecule has 0 saturated carbocycles. The van der Waals surface area contributed by atoms with Crippen LogP contribution in [-0.2, 0) is 11.2 Å². The summed E-state index contributed by atoms with van der Waals surface area (Å²) in [5, 5.41) is 12.0. The van der Waals surface area contributed by atoms with Crippen LogP contribution < -0.4 is 5.32 Å². The van der Waals surface area contributed by atoms with E-state index in [1.807, 2.05) is 0 Å². The zero-order valence-corrected chi connectivity index (χ0v) is 10.8. The average Bonchev–Trinajstić information content (AvgIpc) is 2.35. The molecule has 0 amide bonds. The predicted octanol–water partition coefficient (Wildman–Crippen LogP) is 1.87. The van der Waals surface area contributed by atoms with Gasteiger partial charge in [-0.05, 0) is 38.8 Å². The number of hydrogen-bond donors (Lipinski definition) is 2. The second kappa shape index (κ2) is 8.23. The summed E-state index contributed by atoms with van der Waals surface area (Å²) in [6, 6.07) is 8.53. The van der Waals surface area contributed by atoms with E-state index in [0.29, 0.717) is 6.61 Å². The fourth-order valence-electron chi connectivity index (χ4n) is 1.57. The number of aliphatic hydroxyl groups excluding tert-OH is 1. The summed E-state index contributed by atoms with van der Waals surface area (Å²) in [6.07, 6.45) is 2.17. The van der Waals surface area contributed by atoms with Crippen molar-refractivity contribution >= 4 is 0 Å². The molecule has 2 N–H and O–H groups in total. The maximum absolute atomic E-state index is 9.25. The van der Waals surface area contributed by atoms with Gasteiger partial charge in [0.05, 0.1) is 6.61 Å². The van der Waals surface area contributed by atoms with Crippen LogP contribution in [0.5, 0.6) is 0 Å². The Kier molecular flexibility index (Phi) is 6.86. The zero-order chi connectivity index (χ0) is 12.5. The molecule has 1 atom stereocenters. The summed E-state index contributed by atoms with van der Waals surface area (Å²) in [6.45, 7) is 3.55. The van der Waals surface area contributed by atoms with Crippen molar-refractivity contribution in [1.29, 1.82) is 0 Å². The van der Waals surface area contributed by atoms with Gasteiger partial charge in [-0.1, -0.05) is 29.8 Å². The smallest absolute Gasteiger partial charge is 0.104 e. The molecule has 0 radical (unpaired) electrons. The van der Waals surface area contributed by atoms with Crippen molar-refractivity contribution in [2.24, 2.45) is 0 Å². The quantitative estimate of drug-likeness (QED) is 0.536. The summed E-state index contributed by atoms with van der Waals surface area (Å²) in [4.78, 5) is 0. The summed E-state index contributed by atoms with van der Waals surface area (Å²) in [5.74, 6) is 0. The lowest BCUT2D eigenvalue weighted by atomic mass is 10.1. The van der Waals surface area contributed by atoms with Gasteiger partial charge < -0.3 is 9.84 Å². The van der Waals surface area contributed by atoms with Gasteiger partial charge in [0.2, 0.25) is 0 Å². The molecule has 0 spiro atoms. The number of aliphatic hydroxyl groups is 1. The second-order valence-corrected chi connectivity index (χ2v) is 4.29. The maximum atomic E-state index is 9.25. The lowest BCUT2D eigenvalue weighted by Crippen LogP contribution is -2.24. The van der Waals surface area contributed by atoms with E-state index < -0.39 is 6.23 Å². The SMILES string of the molecule is CNC(O)CCCOCCc1ccc(C)cc1. The van der Waals surface area contributed by atoms with E-state index in [-0.39, 0.29) is 0 Å². The molecule has 17 heavy (non-hydrogen) atoms. The first-order chi connectivity index (χ1) is 8.22. The third-order valence-electron chi connectivity index (χ3n) is 2.76. The van der Waals surface area contributed by atoms with Gasteiger partial charge in [-0.25, -0.2) is 0 Å². The first-order valence-corrected chi connectivity index (χ1v) is 6.21. The molecule has 0 bridgehead atoms. The molecule has 3 heteroatoms. The first kappa shape index (κ1) is 14.2.